The predicted molar refractivity (Wildman–Crippen MR) is 226 cm³/mol. The van der Waals surface area contributed by atoms with Crippen LogP contribution in [-0.2, 0) is 16.2 Å². The van der Waals surface area contributed by atoms with Crippen molar-refractivity contribution >= 4 is 11.6 Å². The Morgan fingerprint density at radius 2 is 1.81 bits per heavy atom. The van der Waals surface area contributed by atoms with Gasteiger partial charge >= 0.3 is 0 Å². The van der Waals surface area contributed by atoms with E-state index in [-0.39, 0.29) is 42.0 Å². The number of hydrogen-bond donors (Lipinski definition) is 5. The zero-order valence-electron chi connectivity index (χ0n) is 36.6. The third-order valence-corrected chi connectivity index (χ3v) is 13.6. The van der Waals surface area contributed by atoms with Gasteiger partial charge in [-0.2, -0.15) is 5.06 Å². The summed E-state index contributed by atoms with van der Waals surface area (Å²) in [6.07, 6.45) is 2.79. The van der Waals surface area contributed by atoms with Crippen LogP contribution in [0, 0.1) is 40.4 Å². The fourth-order valence-corrected chi connectivity index (χ4v) is 10.1. The Balaban J connectivity index is 1.33. The number of likely N-dealkylation sites (N-methyl/N-ethyl adjacent to an activating group) is 1. The Morgan fingerprint density at radius 1 is 1.09 bits per heavy atom. The van der Waals surface area contributed by atoms with Crippen LogP contribution in [0.15, 0.2) is 36.4 Å². The van der Waals surface area contributed by atoms with Crippen LogP contribution >= 0.6 is 0 Å². The van der Waals surface area contributed by atoms with E-state index in [1.807, 2.05) is 43.3 Å². The minimum Gasteiger partial charge on any atom is -0.492 e. The van der Waals surface area contributed by atoms with Crippen molar-refractivity contribution in [2.75, 3.05) is 52.8 Å². The van der Waals surface area contributed by atoms with E-state index >= 15 is 0 Å². The molecule has 5 aliphatic rings. The first-order valence-corrected chi connectivity index (χ1v) is 21.5. The van der Waals surface area contributed by atoms with Gasteiger partial charge in [0, 0.05) is 55.5 Å². The standard InChI is InChI=1S/C46H73N5O6/c1-27-37-20-33(46(37,6)7)21-38(27)48-44(55)41-40(28(2)53)39(25-52)57-51(41)23-30-13-12-14-36(42(30)56-26-29-15-16-29)31-17-32(19-35(18-31)50(10)11)43(54)47-34(24-49(8)9)22-45(3,4)5/h12-14,17-19,27-29,33-34,37-41,43,47,52-54H,15-16,20-26H2,1-11H3,(H,48,55)/t27-,28-,33-,34-,37+,38-,39-,40+,41-,43?/m0/s1. The van der Waals surface area contributed by atoms with E-state index in [1.54, 1.807) is 12.0 Å². The molecule has 0 spiro atoms. The second-order valence-electron chi connectivity index (χ2n) is 20.3. The summed E-state index contributed by atoms with van der Waals surface area (Å²) in [5.74, 6) is 1.89. The van der Waals surface area contributed by atoms with Gasteiger partial charge < -0.3 is 35.2 Å². The van der Waals surface area contributed by atoms with Crippen molar-refractivity contribution in [3.8, 4) is 16.9 Å². The van der Waals surface area contributed by atoms with Crippen LogP contribution in [0.4, 0.5) is 5.69 Å². The first-order chi connectivity index (χ1) is 26.8. The number of aliphatic hydroxyl groups is 3. The first-order valence-electron chi connectivity index (χ1n) is 21.5. The van der Waals surface area contributed by atoms with Gasteiger partial charge in [0.15, 0.2) is 0 Å². The molecule has 318 valence electrons. The molecular weight excluding hydrogens is 719 g/mol. The van der Waals surface area contributed by atoms with E-state index in [9.17, 15) is 20.1 Å². The zero-order chi connectivity index (χ0) is 41.6. The number of nitrogens with one attached hydrogen (secondary N) is 2. The monoisotopic (exact) mass is 792 g/mol. The summed E-state index contributed by atoms with van der Waals surface area (Å²) in [5.41, 5.74) is 4.71. The summed E-state index contributed by atoms with van der Waals surface area (Å²) in [6, 6.07) is 11.6. The van der Waals surface area contributed by atoms with Gasteiger partial charge in [0.05, 0.1) is 25.9 Å². The summed E-state index contributed by atoms with van der Waals surface area (Å²) in [7, 11) is 8.12. The van der Waals surface area contributed by atoms with Crippen LogP contribution in [0.1, 0.15) is 97.9 Å². The average Bonchev–Trinajstić information content (AvgIpc) is 3.88. The third-order valence-electron chi connectivity index (χ3n) is 13.6. The molecule has 57 heavy (non-hydrogen) atoms. The van der Waals surface area contributed by atoms with E-state index in [0.717, 1.165) is 60.2 Å². The number of fused-ring (bicyclic) bond motifs is 2. The van der Waals surface area contributed by atoms with E-state index in [0.29, 0.717) is 36.0 Å². The Kier molecular flexibility index (Phi) is 13.4. The van der Waals surface area contributed by atoms with E-state index in [1.165, 1.54) is 6.42 Å². The molecule has 11 heteroatoms. The smallest absolute Gasteiger partial charge is 0.240 e. The number of benzene rings is 2. The largest absolute Gasteiger partial charge is 0.492 e. The van der Waals surface area contributed by atoms with Crippen LogP contribution < -0.4 is 20.3 Å². The van der Waals surface area contributed by atoms with Crippen LogP contribution in [-0.4, -0.2) is 109 Å². The fourth-order valence-electron chi connectivity index (χ4n) is 10.1. The molecule has 1 heterocycles. The molecule has 5 fully saturated rings. The fraction of sp³-hybridized carbons (Fsp3) is 0.717. The van der Waals surface area contributed by atoms with Crippen molar-refractivity contribution < 1.29 is 29.7 Å². The second-order valence-corrected chi connectivity index (χ2v) is 20.3. The molecule has 1 aliphatic heterocycles. The van der Waals surface area contributed by atoms with Crippen LogP contribution in [0.3, 0.4) is 0 Å². The third kappa shape index (κ3) is 9.99. The van der Waals surface area contributed by atoms with E-state index in [2.05, 4.69) is 83.3 Å². The number of aliphatic hydroxyl groups excluding tert-OH is 3. The Hall–Kier alpha value is -2.77. The minimum absolute atomic E-state index is 0.0503. The molecule has 11 nitrogen and oxygen atoms in total. The summed E-state index contributed by atoms with van der Waals surface area (Å²) in [5, 5.41) is 41.9. The normalized spacial score (nSPS) is 28.8. The molecule has 2 aromatic rings. The quantitative estimate of drug-likeness (QED) is 0.125. The number of hydroxylamine groups is 2. The molecular formula is C46H73N5O6. The molecule has 1 unspecified atom stereocenters. The molecule has 2 bridgehead atoms. The highest BCUT2D eigenvalue weighted by Crippen LogP contribution is 2.61. The summed E-state index contributed by atoms with van der Waals surface area (Å²) in [6.45, 7) is 16.6. The van der Waals surface area contributed by atoms with Gasteiger partial charge in [-0.3, -0.25) is 14.9 Å². The number of anilines is 1. The van der Waals surface area contributed by atoms with Crippen LogP contribution in [0.2, 0.25) is 0 Å². The molecule has 5 N–H and O–H groups in total. The lowest BCUT2D eigenvalue weighted by Gasteiger charge is -2.62. The van der Waals surface area contributed by atoms with Crippen molar-refractivity contribution in [3.63, 3.8) is 0 Å². The molecule has 4 saturated carbocycles. The van der Waals surface area contributed by atoms with Crippen molar-refractivity contribution in [2.24, 2.45) is 40.4 Å². The van der Waals surface area contributed by atoms with Crippen molar-refractivity contribution in [1.82, 2.24) is 20.6 Å². The highest BCUT2D eigenvalue weighted by molar-refractivity contribution is 5.83. The number of rotatable bonds is 17. The van der Waals surface area contributed by atoms with Crippen LogP contribution in [0.5, 0.6) is 5.75 Å². The Labute approximate surface area is 342 Å². The highest BCUT2D eigenvalue weighted by Gasteiger charge is 2.57. The van der Waals surface area contributed by atoms with Gasteiger partial charge in [0.2, 0.25) is 5.91 Å². The lowest BCUT2D eigenvalue weighted by Crippen LogP contribution is -2.62. The molecule has 10 atom stereocenters. The molecule has 1 saturated heterocycles. The average molecular weight is 792 g/mol. The minimum atomic E-state index is -0.899. The molecule has 4 aliphatic carbocycles. The number of para-hydroxylation sites is 1. The van der Waals surface area contributed by atoms with Crippen molar-refractivity contribution in [1.29, 1.82) is 0 Å². The topological polar surface area (TPSA) is 130 Å². The maximum atomic E-state index is 14.4. The first kappa shape index (κ1) is 43.8. The van der Waals surface area contributed by atoms with Crippen molar-refractivity contribution in [3.05, 3.63) is 47.5 Å². The number of carbonyl (C=O) groups is 1. The second kappa shape index (κ2) is 17.4. The number of amides is 1. The Morgan fingerprint density at radius 3 is 2.39 bits per heavy atom. The zero-order valence-corrected chi connectivity index (χ0v) is 36.6. The number of carbonyl (C=O) groups excluding carboxylic acids is 1. The predicted octanol–water partition coefficient (Wildman–Crippen LogP) is 5.82. The molecule has 2 aromatic carbocycles. The van der Waals surface area contributed by atoms with Gasteiger partial charge in [-0.15, -0.1) is 0 Å². The summed E-state index contributed by atoms with van der Waals surface area (Å²) in [4.78, 5) is 25.0. The maximum Gasteiger partial charge on any atom is 0.240 e. The van der Waals surface area contributed by atoms with E-state index in [4.69, 9.17) is 9.57 Å². The van der Waals surface area contributed by atoms with Gasteiger partial charge in [0.1, 0.15) is 24.1 Å². The van der Waals surface area contributed by atoms with Crippen molar-refractivity contribution in [2.45, 2.75) is 124 Å². The maximum absolute atomic E-state index is 14.4. The Bertz CT molecular complexity index is 1690. The van der Waals surface area contributed by atoms with Gasteiger partial charge in [-0.1, -0.05) is 59.7 Å². The van der Waals surface area contributed by atoms with Gasteiger partial charge in [-0.25, -0.2) is 0 Å². The summed E-state index contributed by atoms with van der Waals surface area (Å²) >= 11 is 0. The SMILES string of the molecule is C[C@@H]1[C@@H](NC(=O)[C@@H]2[C@H]([C@H](C)O)[C@H](CO)ON2Cc2cccc(-c3cc(C(O)N[C@H](CN(C)C)CC(C)(C)C)cc(N(C)C)c3)c2OCC2CC2)C[C@@H]2C[C@H]1C2(C)C. The number of nitrogens with zero attached hydrogens (tertiary/aromatic N) is 3. The highest BCUT2D eigenvalue weighted by atomic mass is 16.7. The molecule has 0 aromatic heterocycles. The number of hydrogen-bond acceptors (Lipinski definition) is 10. The molecule has 7 rings (SSSR count). The molecule has 1 amide bonds. The lowest BCUT2D eigenvalue weighted by molar-refractivity contribution is -0.183. The van der Waals surface area contributed by atoms with Gasteiger partial charge in [-0.05, 0) is 117 Å². The van der Waals surface area contributed by atoms with Gasteiger partial charge in [0.25, 0.3) is 0 Å². The lowest BCUT2D eigenvalue weighted by atomic mass is 9.45. The van der Waals surface area contributed by atoms with Crippen LogP contribution in [0.25, 0.3) is 11.1 Å². The summed E-state index contributed by atoms with van der Waals surface area (Å²) < 4.78 is 6.74. The van der Waals surface area contributed by atoms with E-state index < -0.39 is 30.4 Å². The number of ether oxygens (including phenoxy) is 1. The molecule has 0 radical (unpaired) electrons.